The molecule has 5 atom stereocenters. The van der Waals surface area contributed by atoms with Crippen LogP contribution in [0, 0.1) is 17.8 Å². The Hall–Kier alpha value is -1.65. The molecule has 0 heterocycles. The van der Waals surface area contributed by atoms with E-state index >= 15 is 0 Å². The van der Waals surface area contributed by atoms with E-state index in [0.717, 1.165) is 5.54 Å². The molecule has 0 nitrogen and oxygen atoms in total. The van der Waals surface area contributed by atoms with E-state index in [9.17, 15) is 0 Å². The maximum atomic E-state index is 2.63. The molecular formula is C29H40Si2. The third-order valence-corrected chi connectivity index (χ3v) is 12.8. The minimum atomic E-state index is -1.56. The third kappa shape index (κ3) is 3.98. The van der Waals surface area contributed by atoms with Crippen LogP contribution < -0.4 is 0 Å². The first kappa shape index (κ1) is 22.5. The Balaban J connectivity index is 2.03. The number of allylic oxidation sites excluding steroid dienone is 4. The van der Waals surface area contributed by atoms with Crippen LogP contribution in [0.5, 0.6) is 0 Å². The predicted octanol–water partition coefficient (Wildman–Crippen LogP) is 8.65. The monoisotopic (exact) mass is 444 g/mol. The summed E-state index contributed by atoms with van der Waals surface area (Å²) in [7, 11) is -3.00. The van der Waals surface area contributed by atoms with Gasteiger partial charge in [-0.1, -0.05) is 124 Å². The van der Waals surface area contributed by atoms with Gasteiger partial charge in [0, 0.05) is 8.07 Å². The van der Waals surface area contributed by atoms with Crippen LogP contribution >= 0.6 is 0 Å². The van der Waals surface area contributed by atoms with Gasteiger partial charge in [0.2, 0.25) is 0 Å². The van der Waals surface area contributed by atoms with Crippen molar-refractivity contribution in [2.45, 2.75) is 64.6 Å². The van der Waals surface area contributed by atoms with Crippen molar-refractivity contribution in [1.82, 2.24) is 0 Å². The van der Waals surface area contributed by atoms with E-state index in [1.165, 1.54) is 5.56 Å². The summed E-state index contributed by atoms with van der Waals surface area (Å²) < 4.78 is 0. The van der Waals surface area contributed by atoms with Gasteiger partial charge in [0.15, 0.2) is 0 Å². The third-order valence-electron chi connectivity index (χ3n) is 7.89. The Bertz CT molecular complexity index is 987. The SMILES string of the molecule is CC1=CC(c2ccccc2)=C([Si](C)(C)C)[C@@H]2C(C)[C@H]1C(c1ccccc1)C2[Si](C)(C)C. The van der Waals surface area contributed by atoms with E-state index in [0.29, 0.717) is 23.7 Å². The lowest BCUT2D eigenvalue weighted by Crippen LogP contribution is -2.40. The summed E-state index contributed by atoms with van der Waals surface area (Å²) in [5.41, 5.74) is 6.93. The lowest BCUT2D eigenvalue weighted by Gasteiger charge is -2.42. The Morgan fingerprint density at radius 3 is 1.74 bits per heavy atom. The molecule has 2 aromatic carbocycles. The molecule has 0 radical (unpaired) electrons. The molecule has 164 valence electrons. The predicted molar refractivity (Wildman–Crippen MR) is 143 cm³/mol. The first-order valence-electron chi connectivity index (χ1n) is 12.0. The van der Waals surface area contributed by atoms with Gasteiger partial charge in [-0.2, -0.15) is 0 Å². The van der Waals surface area contributed by atoms with Gasteiger partial charge in [0.05, 0.1) is 8.07 Å². The lowest BCUT2D eigenvalue weighted by molar-refractivity contribution is 0.408. The van der Waals surface area contributed by atoms with Crippen molar-refractivity contribution in [2.24, 2.45) is 17.8 Å². The van der Waals surface area contributed by atoms with Crippen molar-refractivity contribution in [1.29, 1.82) is 0 Å². The topological polar surface area (TPSA) is 0 Å². The fourth-order valence-electron chi connectivity index (χ4n) is 6.97. The first-order valence-corrected chi connectivity index (χ1v) is 19.1. The molecule has 0 amide bonds. The Kier molecular flexibility index (Phi) is 5.85. The highest BCUT2D eigenvalue weighted by Gasteiger charge is 2.57. The fourth-order valence-corrected chi connectivity index (χ4v) is 12.6. The van der Waals surface area contributed by atoms with Crippen molar-refractivity contribution >= 4 is 21.7 Å². The lowest BCUT2D eigenvalue weighted by atomic mass is 9.80. The molecule has 0 spiro atoms. The van der Waals surface area contributed by atoms with Crippen molar-refractivity contribution in [2.75, 3.05) is 0 Å². The summed E-state index contributed by atoms with van der Waals surface area (Å²) in [5, 5.41) is 1.83. The minimum absolute atomic E-state index is 0.636. The number of hydrogen-bond acceptors (Lipinski definition) is 0. The van der Waals surface area contributed by atoms with Gasteiger partial charge in [0.25, 0.3) is 0 Å². The van der Waals surface area contributed by atoms with E-state index in [-0.39, 0.29) is 0 Å². The number of hydrogen-bond donors (Lipinski definition) is 0. The molecule has 3 unspecified atom stereocenters. The molecule has 2 aliphatic rings. The summed E-state index contributed by atoms with van der Waals surface area (Å²) in [6, 6.07) is 22.7. The van der Waals surface area contributed by atoms with Gasteiger partial charge >= 0.3 is 0 Å². The smallest absolute Gasteiger partial charge is 0.0701 e. The first-order chi connectivity index (χ1) is 14.5. The zero-order chi connectivity index (χ0) is 22.6. The van der Waals surface area contributed by atoms with E-state index < -0.39 is 16.1 Å². The highest BCUT2D eigenvalue weighted by Crippen LogP contribution is 2.65. The van der Waals surface area contributed by atoms with Gasteiger partial charge < -0.3 is 0 Å². The van der Waals surface area contributed by atoms with E-state index in [1.807, 2.05) is 5.20 Å². The highest BCUT2D eigenvalue weighted by molar-refractivity contribution is 6.85. The molecule has 2 aromatic rings. The van der Waals surface area contributed by atoms with Crippen LogP contribution in [0.15, 0.2) is 77.5 Å². The fraction of sp³-hybridized carbons (Fsp3) is 0.448. The summed E-state index contributed by atoms with van der Waals surface area (Å²) in [6.07, 6.45) is 2.60. The molecule has 0 aromatic heterocycles. The normalized spacial score (nSPS) is 29.0. The molecule has 0 aliphatic heterocycles. The molecule has 2 bridgehead atoms. The maximum Gasteiger partial charge on any atom is 0.0736 e. The molecule has 2 aliphatic carbocycles. The molecular weight excluding hydrogens is 404 g/mol. The molecule has 4 rings (SSSR count). The number of fused-ring (bicyclic) bond motifs is 2. The second kappa shape index (κ2) is 8.04. The zero-order valence-corrected chi connectivity index (χ0v) is 22.7. The average molecular weight is 445 g/mol. The van der Waals surface area contributed by atoms with Gasteiger partial charge in [-0.05, 0) is 52.8 Å². The minimum Gasteiger partial charge on any atom is -0.0701 e. The summed E-state index contributed by atoms with van der Waals surface area (Å²) in [5.74, 6) is 2.67. The van der Waals surface area contributed by atoms with Gasteiger partial charge in [-0.3, -0.25) is 0 Å². The molecule has 0 saturated heterocycles. The zero-order valence-electron chi connectivity index (χ0n) is 20.7. The van der Waals surface area contributed by atoms with Crippen LogP contribution in [0.25, 0.3) is 5.57 Å². The Morgan fingerprint density at radius 1 is 0.677 bits per heavy atom. The molecule has 2 heteroatoms. The number of rotatable bonds is 4. The van der Waals surface area contributed by atoms with E-state index in [4.69, 9.17) is 0 Å². The van der Waals surface area contributed by atoms with Crippen LogP contribution in [0.4, 0.5) is 0 Å². The highest BCUT2D eigenvalue weighted by atomic mass is 28.3. The maximum absolute atomic E-state index is 2.63. The van der Waals surface area contributed by atoms with E-state index in [2.05, 4.69) is 120 Å². The quantitative estimate of drug-likeness (QED) is 0.414. The molecule has 31 heavy (non-hydrogen) atoms. The molecule has 1 fully saturated rings. The largest absolute Gasteiger partial charge is 0.0736 e. The molecule has 0 N–H and O–H groups in total. The second-order valence-electron chi connectivity index (χ2n) is 12.1. The van der Waals surface area contributed by atoms with Crippen molar-refractivity contribution < 1.29 is 0 Å². The summed E-state index contributed by atoms with van der Waals surface area (Å²) >= 11 is 0. The van der Waals surface area contributed by atoms with Crippen molar-refractivity contribution in [3.63, 3.8) is 0 Å². The summed E-state index contributed by atoms with van der Waals surface area (Å²) in [4.78, 5) is 0. The van der Waals surface area contributed by atoms with Gasteiger partial charge in [-0.15, -0.1) is 0 Å². The number of benzene rings is 2. The van der Waals surface area contributed by atoms with Crippen LogP contribution in [0.1, 0.15) is 30.9 Å². The van der Waals surface area contributed by atoms with Gasteiger partial charge in [0.1, 0.15) is 0 Å². The van der Waals surface area contributed by atoms with E-state index in [1.54, 1.807) is 16.7 Å². The Morgan fingerprint density at radius 2 is 1.23 bits per heavy atom. The van der Waals surface area contributed by atoms with Crippen LogP contribution in [-0.4, -0.2) is 16.1 Å². The van der Waals surface area contributed by atoms with Crippen LogP contribution in [-0.2, 0) is 0 Å². The average Bonchev–Trinajstić information content (AvgIpc) is 2.94. The Labute approximate surface area is 192 Å². The van der Waals surface area contributed by atoms with Crippen molar-refractivity contribution in [3.8, 4) is 0 Å². The second-order valence-corrected chi connectivity index (χ2v) is 22.5. The van der Waals surface area contributed by atoms with Crippen molar-refractivity contribution in [3.05, 3.63) is 88.6 Å². The van der Waals surface area contributed by atoms with Crippen LogP contribution in [0.3, 0.4) is 0 Å². The summed E-state index contributed by atoms with van der Waals surface area (Å²) in [6.45, 7) is 20.6. The van der Waals surface area contributed by atoms with Gasteiger partial charge in [-0.25, -0.2) is 0 Å². The molecule has 1 saturated carbocycles. The standard InChI is InChI=1S/C29H40Si2/c1-20-19-24(22-15-11-9-12-16-22)28(30(3,4)5)26-21(2)25(20)27(29(26)31(6,7)8)23-17-13-10-14-18-23/h9-19,21,25-27,29H,1-8H3/t21?,25-,26-,27?,29?/m0/s1. The van der Waals surface area contributed by atoms with Crippen LogP contribution in [0.2, 0.25) is 44.8 Å².